The van der Waals surface area contributed by atoms with Crippen LogP contribution < -0.4 is 0 Å². The number of hydrogen-bond donors (Lipinski definition) is 1. The second-order valence-electron chi connectivity index (χ2n) is 3.61. The summed E-state index contributed by atoms with van der Waals surface area (Å²) in [6, 6.07) is 10.6. The van der Waals surface area contributed by atoms with E-state index < -0.39 is 0 Å². The van der Waals surface area contributed by atoms with Gasteiger partial charge >= 0.3 is 0 Å². The molecule has 0 atom stereocenters. The molecule has 4 nitrogen and oxygen atoms in total. The van der Waals surface area contributed by atoms with Crippen LogP contribution in [0.1, 0.15) is 0 Å². The minimum atomic E-state index is 0.105. The Kier molecular flexibility index (Phi) is 2.23. The van der Waals surface area contributed by atoms with Gasteiger partial charge in [-0.25, -0.2) is 9.50 Å². The van der Waals surface area contributed by atoms with Crippen LogP contribution in [0.2, 0.25) is 5.02 Å². The lowest BCUT2D eigenvalue weighted by atomic mass is 10.2. The number of hydrogen-bond acceptors (Lipinski definition) is 3. The first-order valence-electron chi connectivity index (χ1n) is 5.04. The van der Waals surface area contributed by atoms with Crippen molar-refractivity contribution in [1.82, 2.24) is 14.6 Å². The van der Waals surface area contributed by atoms with Crippen molar-refractivity contribution in [2.45, 2.75) is 0 Å². The summed E-state index contributed by atoms with van der Waals surface area (Å²) in [6.07, 6.45) is 1.73. The molecule has 1 aromatic carbocycles. The van der Waals surface area contributed by atoms with Crippen molar-refractivity contribution in [3.05, 3.63) is 47.6 Å². The summed E-state index contributed by atoms with van der Waals surface area (Å²) in [5.41, 5.74) is 1.25. The number of pyridine rings is 1. The second-order valence-corrected chi connectivity index (χ2v) is 4.04. The molecule has 5 heteroatoms. The molecule has 1 N–H and O–H groups in total. The van der Waals surface area contributed by atoms with E-state index in [4.69, 9.17) is 11.6 Å². The predicted molar refractivity (Wildman–Crippen MR) is 65.1 cm³/mol. The van der Waals surface area contributed by atoms with E-state index in [-0.39, 0.29) is 5.75 Å². The Balaban J connectivity index is 2.22. The highest BCUT2D eigenvalue weighted by molar-refractivity contribution is 6.30. The third kappa shape index (κ3) is 1.72. The van der Waals surface area contributed by atoms with Crippen LogP contribution in [0.15, 0.2) is 42.6 Å². The molecule has 2 aromatic heterocycles. The standard InChI is InChI=1S/C12H8ClN3O/c13-9-4-1-3-8(7-9)11-14-12-10(17)5-2-6-16(12)15-11/h1-7,17H. The summed E-state index contributed by atoms with van der Waals surface area (Å²) in [5, 5.41) is 14.5. The Morgan fingerprint density at radius 1 is 1.18 bits per heavy atom. The molecule has 0 fully saturated rings. The summed E-state index contributed by atoms with van der Waals surface area (Å²) >= 11 is 5.91. The molecule has 0 spiro atoms. The fraction of sp³-hybridized carbons (Fsp3) is 0. The SMILES string of the molecule is Oc1cccn2nc(-c3cccc(Cl)c3)nc12. The van der Waals surface area contributed by atoms with E-state index in [1.807, 2.05) is 12.1 Å². The molecule has 17 heavy (non-hydrogen) atoms. The molecule has 0 saturated heterocycles. The minimum absolute atomic E-state index is 0.105. The molecule has 3 rings (SSSR count). The van der Waals surface area contributed by atoms with Gasteiger partial charge < -0.3 is 5.11 Å². The number of aromatic nitrogens is 3. The van der Waals surface area contributed by atoms with E-state index in [0.717, 1.165) is 5.56 Å². The van der Waals surface area contributed by atoms with Gasteiger partial charge in [-0.2, -0.15) is 0 Å². The van der Waals surface area contributed by atoms with Gasteiger partial charge in [0.15, 0.2) is 17.2 Å². The molecule has 0 bridgehead atoms. The van der Waals surface area contributed by atoms with Gasteiger partial charge in [-0.3, -0.25) is 0 Å². The molecule has 2 heterocycles. The Morgan fingerprint density at radius 3 is 2.82 bits per heavy atom. The van der Waals surface area contributed by atoms with Crippen molar-refractivity contribution >= 4 is 17.2 Å². The number of benzene rings is 1. The van der Waals surface area contributed by atoms with Gasteiger partial charge in [0.2, 0.25) is 0 Å². The molecule has 0 amide bonds. The van der Waals surface area contributed by atoms with Gasteiger partial charge in [0.05, 0.1) is 0 Å². The molecule has 0 aliphatic carbocycles. The van der Waals surface area contributed by atoms with Gasteiger partial charge in [-0.15, -0.1) is 5.10 Å². The smallest absolute Gasteiger partial charge is 0.198 e. The maximum absolute atomic E-state index is 9.64. The molecule has 0 aliphatic heterocycles. The van der Waals surface area contributed by atoms with Crippen molar-refractivity contribution in [2.75, 3.05) is 0 Å². The number of rotatable bonds is 1. The summed E-state index contributed by atoms with van der Waals surface area (Å²) in [4.78, 5) is 4.27. The number of nitrogens with zero attached hydrogens (tertiary/aromatic N) is 3. The fourth-order valence-corrected chi connectivity index (χ4v) is 1.83. The molecular formula is C12H8ClN3O. The Hall–Kier alpha value is -2.07. The zero-order valence-electron chi connectivity index (χ0n) is 8.71. The summed E-state index contributed by atoms with van der Waals surface area (Å²) in [5.74, 6) is 0.641. The Labute approximate surface area is 102 Å². The van der Waals surface area contributed by atoms with Crippen molar-refractivity contribution in [3.8, 4) is 17.1 Å². The van der Waals surface area contributed by atoms with E-state index in [1.165, 1.54) is 4.52 Å². The lowest BCUT2D eigenvalue weighted by molar-refractivity contribution is 0.477. The van der Waals surface area contributed by atoms with Gasteiger partial charge in [-0.1, -0.05) is 23.7 Å². The van der Waals surface area contributed by atoms with Crippen LogP contribution in [0, 0.1) is 0 Å². The van der Waals surface area contributed by atoms with Crippen LogP contribution >= 0.6 is 11.6 Å². The van der Waals surface area contributed by atoms with Crippen LogP contribution in [-0.2, 0) is 0 Å². The number of halogens is 1. The quantitative estimate of drug-likeness (QED) is 0.717. The van der Waals surface area contributed by atoms with Crippen LogP contribution in [0.5, 0.6) is 5.75 Å². The minimum Gasteiger partial charge on any atom is -0.504 e. The zero-order chi connectivity index (χ0) is 11.8. The first-order valence-corrected chi connectivity index (χ1v) is 5.42. The molecule has 0 aliphatic rings. The lowest BCUT2D eigenvalue weighted by Gasteiger charge is -1.94. The molecular weight excluding hydrogens is 238 g/mol. The van der Waals surface area contributed by atoms with Crippen molar-refractivity contribution in [2.24, 2.45) is 0 Å². The summed E-state index contributed by atoms with van der Waals surface area (Å²) in [6.45, 7) is 0. The van der Waals surface area contributed by atoms with Crippen molar-refractivity contribution in [3.63, 3.8) is 0 Å². The lowest BCUT2D eigenvalue weighted by Crippen LogP contribution is -1.85. The highest BCUT2D eigenvalue weighted by atomic mass is 35.5. The monoisotopic (exact) mass is 245 g/mol. The average Bonchev–Trinajstić information content (AvgIpc) is 2.74. The second kappa shape index (κ2) is 3.75. The first-order chi connectivity index (χ1) is 8.24. The third-order valence-electron chi connectivity index (χ3n) is 2.42. The number of aromatic hydroxyl groups is 1. The van der Waals surface area contributed by atoms with E-state index in [1.54, 1.807) is 30.5 Å². The fourth-order valence-electron chi connectivity index (χ4n) is 1.64. The van der Waals surface area contributed by atoms with Crippen LogP contribution in [-0.4, -0.2) is 19.7 Å². The normalized spacial score (nSPS) is 10.9. The highest BCUT2D eigenvalue weighted by Gasteiger charge is 2.08. The Morgan fingerprint density at radius 2 is 2.06 bits per heavy atom. The van der Waals surface area contributed by atoms with Gasteiger partial charge in [0, 0.05) is 16.8 Å². The maximum Gasteiger partial charge on any atom is 0.198 e. The molecule has 0 saturated carbocycles. The van der Waals surface area contributed by atoms with Crippen molar-refractivity contribution in [1.29, 1.82) is 0 Å². The van der Waals surface area contributed by atoms with Gasteiger partial charge in [-0.05, 0) is 24.3 Å². The van der Waals surface area contributed by atoms with E-state index >= 15 is 0 Å². The predicted octanol–water partition coefficient (Wildman–Crippen LogP) is 2.76. The molecule has 0 unspecified atom stereocenters. The van der Waals surface area contributed by atoms with Crippen LogP contribution in [0.3, 0.4) is 0 Å². The summed E-state index contributed by atoms with van der Waals surface area (Å²) in [7, 11) is 0. The van der Waals surface area contributed by atoms with Crippen LogP contribution in [0.4, 0.5) is 0 Å². The highest BCUT2D eigenvalue weighted by Crippen LogP contribution is 2.22. The molecule has 84 valence electrons. The third-order valence-corrected chi connectivity index (χ3v) is 2.66. The van der Waals surface area contributed by atoms with Crippen LogP contribution in [0.25, 0.3) is 17.0 Å². The largest absolute Gasteiger partial charge is 0.504 e. The Bertz CT molecular complexity index is 693. The van der Waals surface area contributed by atoms with E-state index in [0.29, 0.717) is 16.5 Å². The molecule has 0 radical (unpaired) electrons. The van der Waals surface area contributed by atoms with E-state index in [2.05, 4.69) is 10.1 Å². The van der Waals surface area contributed by atoms with Crippen molar-refractivity contribution < 1.29 is 5.11 Å². The van der Waals surface area contributed by atoms with Gasteiger partial charge in [0.25, 0.3) is 0 Å². The van der Waals surface area contributed by atoms with E-state index in [9.17, 15) is 5.11 Å². The zero-order valence-corrected chi connectivity index (χ0v) is 9.46. The number of fused-ring (bicyclic) bond motifs is 1. The summed E-state index contributed by atoms with van der Waals surface area (Å²) < 4.78 is 1.53. The molecule has 3 aromatic rings. The topological polar surface area (TPSA) is 50.4 Å². The first kappa shape index (κ1) is 10.1. The maximum atomic E-state index is 9.64. The average molecular weight is 246 g/mol. The van der Waals surface area contributed by atoms with Gasteiger partial charge in [0.1, 0.15) is 0 Å².